The summed E-state index contributed by atoms with van der Waals surface area (Å²) in [7, 11) is 0. The predicted molar refractivity (Wildman–Crippen MR) is 94.3 cm³/mol. The minimum absolute atomic E-state index is 0.576. The lowest BCUT2D eigenvalue weighted by Crippen LogP contribution is -1.97. The van der Waals surface area contributed by atoms with Gasteiger partial charge in [0.2, 0.25) is 0 Å². The van der Waals surface area contributed by atoms with E-state index in [2.05, 4.69) is 51.1 Å². The molecule has 0 atom stereocenters. The van der Waals surface area contributed by atoms with Gasteiger partial charge in [0.05, 0.1) is 0 Å². The van der Waals surface area contributed by atoms with Crippen LogP contribution in [0.15, 0.2) is 30.3 Å². The smallest absolute Gasteiger partial charge is 0.0347 e. The Morgan fingerprint density at radius 2 is 1.33 bits per heavy atom. The number of hydrogen-bond donors (Lipinski definition) is 0. The molecule has 0 aromatic heterocycles. The lowest BCUT2D eigenvalue weighted by atomic mass is 9.88. The summed E-state index contributed by atoms with van der Waals surface area (Å²) in [4.78, 5) is 0. The van der Waals surface area contributed by atoms with Crippen LogP contribution in [0, 0.1) is 20.8 Å². The van der Waals surface area contributed by atoms with E-state index in [1.807, 2.05) is 27.7 Å². The van der Waals surface area contributed by atoms with Crippen molar-refractivity contribution in [3.05, 3.63) is 58.1 Å². The van der Waals surface area contributed by atoms with Crippen LogP contribution < -0.4 is 0 Å². The van der Waals surface area contributed by atoms with E-state index in [0.717, 1.165) is 16.7 Å². The molecule has 0 spiro atoms. The van der Waals surface area contributed by atoms with E-state index in [1.165, 1.54) is 22.3 Å². The van der Waals surface area contributed by atoms with Gasteiger partial charge in [0.15, 0.2) is 0 Å². The molecule has 0 heteroatoms. The molecule has 0 radical (unpaired) electrons. The van der Waals surface area contributed by atoms with Crippen LogP contribution in [0.4, 0.5) is 0 Å². The Balaban J connectivity index is 2.58. The quantitative estimate of drug-likeness (QED) is 0.600. The SMILES string of the molecule is [2H]C(C)(C)c1ccc(-c2cc(C)c(C([2H])(C)C)cc2C)c(C)c1. The molecule has 2 aromatic carbocycles. The zero-order valence-corrected chi connectivity index (χ0v) is 14.4. The van der Waals surface area contributed by atoms with Crippen LogP contribution in [0.2, 0.25) is 0 Å². The second-order valence-electron chi connectivity index (χ2n) is 6.51. The third kappa shape index (κ3) is 3.20. The Hall–Kier alpha value is -1.56. The highest BCUT2D eigenvalue weighted by atomic mass is 14.2. The van der Waals surface area contributed by atoms with Crippen molar-refractivity contribution in [3.63, 3.8) is 0 Å². The third-order valence-corrected chi connectivity index (χ3v) is 4.20. The summed E-state index contributed by atoms with van der Waals surface area (Å²) >= 11 is 0. The zero-order chi connectivity index (χ0) is 17.6. The first-order chi connectivity index (χ1) is 10.4. The first-order valence-electron chi connectivity index (χ1n) is 8.64. The van der Waals surface area contributed by atoms with E-state index in [-0.39, 0.29) is 0 Å². The van der Waals surface area contributed by atoms with Crippen molar-refractivity contribution in [1.82, 2.24) is 0 Å². The molecule has 0 unspecified atom stereocenters. The van der Waals surface area contributed by atoms with Crippen molar-refractivity contribution >= 4 is 0 Å². The van der Waals surface area contributed by atoms with Gasteiger partial charge in [0, 0.05) is 2.74 Å². The maximum Gasteiger partial charge on any atom is 0.0347 e. The highest BCUT2D eigenvalue weighted by Crippen LogP contribution is 2.32. The van der Waals surface area contributed by atoms with Crippen molar-refractivity contribution in [3.8, 4) is 11.1 Å². The van der Waals surface area contributed by atoms with Crippen molar-refractivity contribution in [1.29, 1.82) is 0 Å². The van der Waals surface area contributed by atoms with Gasteiger partial charge in [0.1, 0.15) is 0 Å². The maximum atomic E-state index is 8.30. The molecule has 2 rings (SSSR count). The van der Waals surface area contributed by atoms with Gasteiger partial charge in [-0.2, -0.15) is 0 Å². The van der Waals surface area contributed by atoms with Crippen molar-refractivity contribution in [2.45, 2.75) is 60.3 Å². The van der Waals surface area contributed by atoms with E-state index in [0.29, 0.717) is 0 Å². The molecule has 0 aliphatic heterocycles. The lowest BCUT2D eigenvalue weighted by molar-refractivity contribution is 0.855. The van der Waals surface area contributed by atoms with Gasteiger partial charge in [-0.05, 0) is 71.5 Å². The molecule has 21 heavy (non-hydrogen) atoms. The number of benzene rings is 2. The molecule has 0 amide bonds. The van der Waals surface area contributed by atoms with Gasteiger partial charge < -0.3 is 0 Å². The summed E-state index contributed by atoms with van der Waals surface area (Å²) in [5.41, 5.74) is 8.12. The van der Waals surface area contributed by atoms with Crippen LogP contribution in [-0.2, 0) is 0 Å². The van der Waals surface area contributed by atoms with Crippen LogP contribution >= 0.6 is 0 Å². The summed E-state index contributed by atoms with van der Waals surface area (Å²) in [5, 5.41) is 0. The molecular weight excluding hydrogens is 252 g/mol. The summed E-state index contributed by atoms with van der Waals surface area (Å²) in [6, 6.07) is 10.7. The van der Waals surface area contributed by atoms with Crippen LogP contribution in [0.3, 0.4) is 0 Å². The van der Waals surface area contributed by atoms with Gasteiger partial charge in [-0.3, -0.25) is 0 Å². The second-order valence-corrected chi connectivity index (χ2v) is 6.51. The van der Waals surface area contributed by atoms with Gasteiger partial charge in [-0.1, -0.05) is 58.0 Å². The summed E-state index contributed by atoms with van der Waals surface area (Å²) in [5.74, 6) is -1.16. The van der Waals surface area contributed by atoms with Gasteiger partial charge in [-0.25, -0.2) is 0 Å². The number of hydrogen-bond acceptors (Lipinski definition) is 0. The minimum atomic E-state index is -0.582. The molecule has 0 aliphatic carbocycles. The van der Waals surface area contributed by atoms with Gasteiger partial charge in [-0.15, -0.1) is 0 Å². The lowest BCUT2D eigenvalue weighted by Gasteiger charge is -2.17. The average Bonchev–Trinajstić information content (AvgIpc) is 2.39. The highest BCUT2D eigenvalue weighted by Gasteiger charge is 2.11. The maximum absolute atomic E-state index is 8.30. The Bertz CT molecular complexity index is 729. The highest BCUT2D eigenvalue weighted by molar-refractivity contribution is 5.72. The fourth-order valence-corrected chi connectivity index (χ4v) is 2.92. The Labute approximate surface area is 133 Å². The van der Waals surface area contributed by atoms with Gasteiger partial charge in [0.25, 0.3) is 0 Å². The molecule has 0 aliphatic rings. The fraction of sp³-hybridized carbons (Fsp3) is 0.429. The third-order valence-electron chi connectivity index (χ3n) is 4.20. The molecule has 112 valence electrons. The average molecular weight is 282 g/mol. The van der Waals surface area contributed by atoms with E-state index in [1.54, 1.807) is 0 Å². The Kier molecular flexibility index (Phi) is 3.78. The molecule has 2 aromatic rings. The first-order valence-corrected chi connectivity index (χ1v) is 7.64. The molecule has 0 bridgehead atoms. The van der Waals surface area contributed by atoms with E-state index >= 15 is 0 Å². The molecule has 0 N–H and O–H groups in total. The molecule has 0 nitrogen and oxygen atoms in total. The normalized spacial score (nSPS) is 13.9. The van der Waals surface area contributed by atoms with Crippen molar-refractivity contribution < 1.29 is 2.74 Å². The predicted octanol–water partition coefficient (Wildman–Crippen LogP) is 6.53. The van der Waals surface area contributed by atoms with E-state index < -0.39 is 11.8 Å². The van der Waals surface area contributed by atoms with Gasteiger partial charge >= 0.3 is 0 Å². The molecular formula is C21H28. The monoisotopic (exact) mass is 282 g/mol. The van der Waals surface area contributed by atoms with Crippen molar-refractivity contribution in [2.24, 2.45) is 0 Å². The van der Waals surface area contributed by atoms with Crippen molar-refractivity contribution in [2.75, 3.05) is 0 Å². The molecule has 0 saturated carbocycles. The first kappa shape index (κ1) is 13.1. The standard InChI is InChI=1S/C21H28/c1-13(2)18-8-9-19(15(5)10-18)21-12-16(6)20(14(3)4)11-17(21)7/h8-14H,1-7H3/i13D,14D. The number of rotatable bonds is 3. The summed E-state index contributed by atoms with van der Waals surface area (Å²) in [6.45, 7) is 14.0. The minimum Gasteiger partial charge on any atom is -0.0587 e. The molecule has 0 saturated heterocycles. The number of aryl methyl sites for hydroxylation is 3. The second kappa shape index (κ2) is 6.05. The zero-order valence-electron chi connectivity index (χ0n) is 16.4. The van der Waals surface area contributed by atoms with E-state index in [9.17, 15) is 0 Å². The molecule has 0 heterocycles. The summed E-state index contributed by atoms with van der Waals surface area (Å²) < 4.78 is 16.5. The van der Waals surface area contributed by atoms with Crippen LogP contribution in [0.1, 0.15) is 70.0 Å². The molecule has 0 fully saturated rings. The van der Waals surface area contributed by atoms with E-state index in [4.69, 9.17) is 2.74 Å². The summed E-state index contributed by atoms with van der Waals surface area (Å²) in [6.07, 6.45) is 0. The fourth-order valence-electron chi connectivity index (χ4n) is 2.92. The largest absolute Gasteiger partial charge is 0.0587 e. The van der Waals surface area contributed by atoms with Crippen LogP contribution in [0.5, 0.6) is 0 Å². The Morgan fingerprint density at radius 3 is 1.86 bits per heavy atom. The topological polar surface area (TPSA) is 0 Å². The Morgan fingerprint density at radius 1 is 0.714 bits per heavy atom. The van der Waals surface area contributed by atoms with Crippen LogP contribution in [0.25, 0.3) is 11.1 Å². The van der Waals surface area contributed by atoms with Crippen LogP contribution in [-0.4, -0.2) is 0 Å².